The Labute approximate surface area is 123 Å². The standard InChI is InChI=1S/C18H28N2/c1-19(17-10-3-2-4-11-17)14-15-20-13-7-9-16-8-5-6-12-18(16)20/h5-6,8,12,17H,2-4,7,9-11,13-15H2,1H3. The van der Waals surface area contributed by atoms with Crippen molar-refractivity contribution >= 4 is 5.69 Å². The number of anilines is 1. The van der Waals surface area contributed by atoms with E-state index in [-0.39, 0.29) is 0 Å². The Balaban J connectivity index is 1.56. The molecule has 1 aromatic carbocycles. The van der Waals surface area contributed by atoms with Crippen LogP contribution < -0.4 is 4.90 Å². The van der Waals surface area contributed by atoms with Crippen LogP contribution in [0.2, 0.25) is 0 Å². The van der Waals surface area contributed by atoms with Gasteiger partial charge in [-0.3, -0.25) is 0 Å². The third kappa shape index (κ3) is 3.17. The van der Waals surface area contributed by atoms with E-state index < -0.39 is 0 Å². The van der Waals surface area contributed by atoms with Crippen LogP contribution in [-0.2, 0) is 6.42 Å². The van der Waals surface area contributed by atoms with Crippen molar-refractivity contribution < 1.29 is 0 Å². The van der Waals surface area contributed by atoms with E-state index in [0.29, 0.717) is 0 Å². The molecule has 110 valence electrons. The summed E-state index contributed by atoms with van der Waals surface area (Å²) >= 11 is 0. The van der Waals surface area contributed by atoms with Gasteiger partial charge in [-0.25, -0.2) is 0 Å². The number of benzene rings is 1. The van der Waals surface area contributed by atoms with Gasteiger partial charge in [-0.05, 0) is 44.4 Å². The number of nitrogens with zero attached hydrogens (tertiary/aromatic N) is 2. The van der Waals surface area contributed by atoms with Gasteiger partial charge in [0.2, 0.25) is 0 Å². The highest BCUT2D eigenvalue weighted by Crippen LogP contribution is 2.27. The zero-order valence-electron chi connectivity index (χ0n) is 12.9. The Kier molecular flexibility index (Phi) is 4.62. The monoisotopic (exact) mass is 272 g/mol. The lowest BCUT2D eigenvalue weighted by Crippen LogP contribution is -2.41. The molecule has 0 aromatic heterocycles. The normalized spacial score (nSPS) is 20.2. The van der Waals surface area contributed by atoms with Crippen LogP contribution in [0.5, 0.6) is 0 Å². The predicted octanol–water partition coefficient (Wildman–Crippen LogP) is 3.70. The molecule has 2 nitrogen and oxygen atoms in total. The maximum Gasteiger partial charge on any atom is 0.0399 e. The van der Waals surface area contributed by atoms with Gasteiger partial charge in [0.25, 0.3) is 0 Å². The lowest BCUT2D eigenvalue weighted by Gasteiger charge is -2.36. The number of likely N-dealkylation sites (N-methyl/N-ethyl adjacent to an activating group) is 1. The molecule has 1 saturated carbocycles. The maximum absolute atomic E-state index is 2.61. The molecular formula is C18H28N2. The molecule has 2 aliphatic rings. The van der Waals surface area contributed by atoms with Crippen molar-refractivity contribution in [2.24, 2.45) is 0 Å². The number of aryl methyl sites for hydroxylation is 1. The molecule has 0 atom stereocenters. The van der Waals surface area contributed by atoms with Crippen molar-refractivity contribution in [1.29, 1.82) is 0 Å². The molecule has 0 unspecified atom stereocenters. The zero-order valence-corrected chi connectivity index (χ0v) is 12.9. The summed E-state index contributed by atoms with van der Waals surface area (Å²) < 4.78 is 0. The Bertz CT molecular complexity index is 423. The molecule has 0 spiro atoms. The lowest BCUT2D eigenvalue weighted by atomic mass is 9.94. The summed E-state index contributed by atoms with van der Waals surface area (Å²) in [5.41, 5.74) is 3.02. The largest absolute Gasteiger partial charge is 0.370 e. The Hall–Kier alpha value is -1.02. The molecule has 1 aromatic rings. The summed E-state index contributed by atoms with van der Waals surface area (Å²) in [7, 11) is 2.33. The number of para-hydroxylation sites is 1. The lowest BCUT2D eigenvalue weighted by molar-refractivity contribution is 0.195. The van der Waals surface area contributed by atoms with E-state index >= 15 is 0 Å². The summed E-state index contributed by atoms with van der Waals surface area (Å²) in [5.74, 6) is 0. The predicted molar refractivity (Wildman–Crippen MR) is 86.5 cm³/mol. The molecule has 2 heteroatoms. The number of hydrogen-bond acceptors (Lipinski definition) is 2. The van der Waals surface area contributed by atoms with E-state index in [0.717, 1.165) is 6.04 Å². The van der Waals surface area contributed by atoms with Crippen LogP contribution >= 0.6 is 0 Å². The van der Waals surface area contributed by atoms with Gasteiger partial charge in [0, 0.05) is 31.4 Å². The smallest absolute Gasteiger partial charge is 0.0399 e. The van der Waals surface area contributed by atoms with Crippen LogP contribution in [0.3, 0.4) is 0 Å². The van der Waals surface area contributed by atoms with Gasteiger partial charge in [0.15, 0.2) is 0 Å². The molecule has 1 aliphatic heterocycles. The highest BCUT2D eigenvalue weighted by Gasteiger charge is 2.20. The summed E-state index contributed by atoms with van der Waals surface area (Å²) in [6.45, 7) is 3.62. The fourth-order valence-corrected chi connectivity index (χ4v) is 3.83. The van der Waals surface area contributed by atoms with Crippen molar-refractivity contribution in [2.75, 3.05) is 31.6 Å². The fraction of sp³-hybridized carbons (Fsp3) is 0.667. The van der Waals surface area contributed by atoms with Gasteiger partial charge in [-0.2, -0.15) is 0 Å². The van der Waals surface area contributed by atoms with Crippen molar-refractivity contribution in [2.45, 2.75) is 51.0 Å². The van der Waals surface area contributed by atoms with E-state index in [2.05, 4.69) is 41.1 Å². The Morgan fingerprint density at radius 3 is 2.75 bits per heavy atom. The summed E-state index contributed by atoms with van der Waals surface area (Å²) in [6, 6.07) is 9.80. The van der Waals surface area contributed by atoms with Crippen LogP contribution in [0.25, 0.3) is 0 Å². The average molecular weight is 272 g/mol. The van der Waals surface area contributed by atoms with Gasteiger partial charge in [-0.15, -0.1) is 0 Å². The molecule has 1 heterocycles. The molecule has 0 N–H and O–H groups in total. The van der Waals surface area contributed by atoms with Gasteiger partial charge < -0.3 is 9.80 Å². The number of hydrogen-bond donors (Lipinski definition) is 0. The topological polar surface area (TPSA) is 6.48 Å². The molecule has 0 radical (unpaired) electrons. The summed E-state index contributed by atoms with van der Waals surface area (Å²) in [4.78, 5) is 5.20. The molecular weight excluding hydrogens is 244 g/mol. The van der Waals surface area contributed by atoms with Gasteiger partial charge in [-0.1, -0.05) is 37.5 Å². The van der Waals surface area contributed by atoms with Gasteiger partial charge in [0.05, 0.1) is 0 Å². The minimum absolute atomic E-state index is 0.837. The molecule has 1 fully saturated rings. The first-order chi connectivity index (χ1) is 9.84. The third-order valence-corrected chi connectivity index (χ3v) is 5.13. The second kappa shape index (κ2) is 6.62. The van der Waals surface area contributed by atoms with Gasteiger partial charge in [0.1, 0.15) is 0 Å². The second-order valence-corrected chi connectivity index (χ2v) is 6.49. The van der Waals surface area contributed by atoms with E-state index in [1.165, 1.54) is 70.3 Å². The maximum atomic E-state index is 2.61. The van der Waals surface area contributed by atoms with Gasteiger partial charge >= 0.3 is 0 Å². The number of fused-ring (bicyclic) bond motifs is 1. The van der Waals surface area contributed by atoms with Crippen LogP contribution in [0.4, 0.5) is 5.69 Å². The van der Waals surface area contributed by atoms with E-state index in [1.807, 2.05) is 0 Å². The van der Waals surface area contributed by atoms with Crippen molar-refractivity contribution in [3.05, 3.63) is 29.8 Å². The SMILES string of the molecule is CN(CCN1CCCc2ccccc21)C1CCCCC1. The minimum atomic E-state index is 0.837. The average Bonchev–Trinajstić information content (AvgIpc) is 2.53. The van der Waals surface area contributed by atoms with E-state index in [1.54, 1.807) is 5.56 Å². The van der Waals surface area contributed by atoms with Crippen molar-refractivity contribution in [1.82, 2.24) is 4.90 Å². The van der Waals surface area contributed by atoms with Crippen LogP contribution in [0, 0.1) is 0 Å². The fourth-order valence-electron chi connectivity index (χ4n) is 3.83. The quantitative estimate of drug-likeness (QED) is 0.824. The Morgan fingerprint density at radius 1 is 1.10 bits per heavy atom. The Morgan fingerprint density at radius 2 is 1.90 bits per heavy atom. The molecule has 0 saturated heterocycles. The highest BCUT2D eigenvalue weighted by molar-refractivity contribution is 5.55. The van der Waals surface area contributed by atoms with Crippen molar-refractivity contribution in [3.8, 4) is 0 Å². The minimum Gasteiger partial charge on any atom is -0.370 e. The molecule has 1 aliphatic carbocycles. The molecule has 20 heavy (non-hydrogen) atoms. The first-order valence-corrected chi connectivity index (χ1v) is 8.38. The first-order valence-electron chi connectivity index (χ1n) is 8.38. The van der Waals surface area contributed by atoms with E-state index in [9.17, 15) is 0 Å². The van der Waals surface area contributed by atoms with Crippen LogP contribution in [-0.4, -0.2) is 37.6 Å². The van der Waals surface area contributed by atoms with Crippen LogP contribution in [0.15, 0.2) is 24.3 Å². The number of rotatable bonds is 4. The highest BCUT2D eigenvalue weighted by atomic mass is 15.2. The van der Waals surface area contributed by atoms with Crippen molar-refractivity contribution in [3.63, 3.8) is 0 Å². The zero-order chi connectivity index (χ0) is 13.8. The van der Waals surface area contributed by atoms with Crippen LogP contribution in [0.1, 0.15) is 44.1 Å². The summed E-state index contributed by atoms with van der Waals surface area (Å²) in [5, 5.41) is 0. The molecule has 0 amide bonds. The first kappa shape index (κ1) is 13.9. The molecule has 0 bridgehead atoms. The third-order valence-electron chi connectivity index (χ3n) is 5.13. The van der Waals surface area contributed by atoms with E-state index in [4.69, 9.17) is 0 Å². The second-order valence-electron chi connectivity index (χ2n) is 6.49. The summed E-state index contributed by atoms with van der Waals surface area (Å²) in [6.07, 6.45) is 9.70. The molecule has 3 rings (SSSR count).